The van der Waals surface area contributed by atoms with Crippen LogP contribution in [0.1, 0.15) is 40.1 Å². The zero-order valence-electron chi connectivity index (χ0n) is 17.7. The van der Waals surface area contributed by atoms with E-state index in [0.29, 0.717) is 17.2 Å². The van der Waals surface area contributed by atoms with Crippen molar-refractivity contribution in [2.45, 2.75) is 25.3 Å². The molecule has 0 aliphatic rings. The summed E-state index contributed by atoms with van der Waals surface area (Å²) in [7, 11) is 0. The molecule has 0 saturated carbocycles. The lowest BCUT2D eigenvalue weighted by Crippen LogP contribution is -2.17. The number of halogens is 6. The number of pyridine rings is 1. The van der Waals surface area contributed by atoms with Gasteiger partial charge in [0.1, 0.15) is 12.1 Å². The largest absolute Gasteiger partial charge is 0.416 e. The van der Waals surface area contributed by atoms with Crippen molar-refractivity contribution in [3.63, 3.8) is 0 Å². The van der Waals surface area contributed by atoms with Crippen LogP contribution in [0.5, 0.6) is 0 Å². The fourth-order valence-electron chi connectivity index (χ4n) is 3.41. The summed E-state index contributed by atoms with van der Waals surface area (Å²) in [5.74, 6) is -0.461. The molecule has 1 amide bonds. The van der Waals surface area contributed by atoms with E-state index in [9.17, 15) is 31.1 Å². The molecular weight excluding hydrogens is 480 g/mol. The SMILES string of the molecule is C[C@H](c1ccc(C(F)(F)F)cc1C(F)(F)F)n1cc(-c2cccnc2NC(=O)c2ccon2)cn1. The van der Waals surface area contributed by atoms with E-state index in [1.54, 1.807) is 12.1 Å². The summed E-state index contributed by atoms with van der Waals surface area (Å²) in [6, 6.07) is 4.97. The molecule has 13 heteroatoms. The fourth-order valence-corrected chi connectivity index (χ4v) is 3.41. The molecule has 1 N–H and O–H groups in total. The number of benzene rings is 1. The van der Waals surface area contributed by atoms with Gasteiger partial charge in [0.15, 0.2) is 5.69 Å². The van der Waals surface area contributed by atoms with Crippen molar-refractivity contribution in [3.05, 3.63) is 83.6 Å². The zero-order chi connectivity index (χ0) is 25.4. The smallest absolute Gasteiger partial charge is 0.364 e. The molecule has 7 nitrogen and oxygen atoms in total. The third-order valence-electron chi connectivity index (χ3n) is 5.16. The molecule has 1 aromatic carbocycles. The van der Waals surface area contributed by atoms with Gasteiger partial charge in [-0.15, -0.1) is 0 Å². The minimum atomic E-state index is -5.01. The van der Waals surface area contributed by atoms with Crippen LogP contribution in [-0.2, 0) is 12.4 Å². The maximum absolute atomic E-state index is 13.6. The van der Waals surface area contributed by atoms with E-state index in [2.05, 4.69) is 25.1 Å². The van der Waals surface area contributed by atoms with Crippen molar-refractivity contribution in [2.24, 2.45) is 0 Å². The van der Waals surface area contributed by atoms with E-state index in [0.717, 1.165) is 6.07 Å². The van der Waals surface area contributed by atoms with Crippen molar-refractivity contribution in [2.75, 3.05) is 5.32 Å². The quantitative estimate of drug-likeness (QED) is 0.352. The summed E-state index contributed by atoms with van der Waals surface area (Å²) in [4.78, 5) is 16.4. The first-order chi connectivity index (χ1) is 16.4. The van der Waals surface area contributed by atoms with E-state index in [-0.39, 0.29) is 23.1 Å². The van der Waals surface area contributed by atoms with Crippen molar-refractivity contribution >= 4 is 11.7 Å². The molecule has 0 fully saturated rings. The van der Waals surface area contributed by atoms with Crippen molar-refractivity contribution < 1.29 is 35.7 Å². The Balaban J connectivity index is 1.67. The Bertz CT molecular complexity index is 1350. The molecule has 0 aliphatic carbocycles. The van der Waals surface area contributed by atoms with Crippen LogP contribution in [0, 0.1) is 0 Å². The van der Waals surface area contributed by atoms with Crippen molar-refractivity contribution in [1.29, 1.82) is 0 Å². The lowest BCUT2D eigenvalue weighted by Gasteiger charge is -2.20. The number of hydrogen-bond acceptors (Lipinski definition) is 5. The Morgan fingerprint density at radius 3 is 2.51 bits per heavy atom. The predicted octanol–water partition coefficient (Wildman–Crippen LogP) is 5.83. The van der Waals surface area contributed by atoms with Crippen molar-refractivity contribution in [1.82, 2.24) is 19.9 Å². The number of alkyl halides is 6. The van der Waals surface area contributed by atoms with E-state index < -0.39 is 35.4 Å². The molecule has 0 aliphatic heterocycles. The van der Waals surface area contributed by atoms with E-state index >= 15 is 0 Å². The van der Waals surface area contributed by atoms with Crippen LogP contribution < -0.4 is 5.32 Å². The standard InChI is InChI=1S/C22H15F6N5O2/c1-12(15-5-4-14(21(23,24)25)9-17(15)22(26,27)28)33-11-13(10-30-33)16-3-2-7-29-19(16)31-20(34)18-6-8-35-32-18/h2-12H,1H3,(H,29,31,34)/t12-/m1/s1. The number of anilines is 1. The van der Waals surface area contributed by atoms with Crippen LogP contribution in [0.25, 0.3) is 11.1 Å². The number of aromatic nitrogens is 4. The Kier molecular flexibility index (Phi) is 6.09. The first-order valence-electron chi connectivity index (χ1n) is 9.95. The van der Waals surface area contributed by atoms with Crippen LogP contribution in [0.15, 0.2) is 65.8 Å². The topological polar surface area (TPSA) is 85.8 Å². The zero-order valence-corrected chi connectivity index (χ0v) is 17.7. The number of amides is 1. The average molecular weight is 495 g/mol. The predicted molar refractivity (Wildman–Crippen MR) is 110 cm³/mol. The van der Waals surface area contributed by atoms with E-state index in [4.69, 9.17) is 0 Å². The van der Waals surface area contributed by atoms with Gasteiger partial charge in [-0.2, -0.15) is 31.4 Å². The van der Waals surface area contributed by atoms with Crippen LogP contribution in [-0.4, -0.2) is 25.8 Å². The first-order valence-corrected chi connectivity index (χ1v) is 9.95. The van der Waals surface area contributed by atoms with Crippen LogP contribution >= 0.6 is 0 Å². The molecule has 4 aromatic rings. The number of nitrogens with one attached hydrogen (secondary N) is 1. The Morgan fingerprint density at radius 2 is 1.86 bits per heavy atom. The van der Waals surface area contributed by atoms with Gasteiger partial charge in [-0.3, -0.25) is 9.48 Å². The van der Waals surface area contributed by atoms with E-state index in [1.807, 2.05) is 0 Å². The summed E-state index contributed by atoms with van der Waals surface area (Å²) in [5.41, 5.74) is -2.37. The lowest BCUT2D eigenvalue weighted by atomic mass is 9.98. The second-order valence-electron chi connectivity index (χ2n) is 7.42. The number of rotatable bonds is 5. The molecule has 4 rings (SSSR count). The highest BCUT2D eigenvalue weighted by Crippen LogP contribution is 2.40. The second kappa shape index (κ2) is 8.89. The third kappa shape index (κ3) is 5.03. The fraction of sp³-hybridized carbons (Fsp3) is 0.182. The number of carbonyl (C=O) groups is 1. The van der Waals surface area contributed by atoms with Crippen LogP contribution in [0.3, 0.4) is 0 Å². The Hall–Kier alpha value is -4.16. The lowest BCUT2D eigenvalue weighted by molar-refractivity contribution is -0.143. The monoisotopic (exact) mass is 495 g/mol. The second-order valence-corrected chi connectivity index (χ2v) is 7.42. The first kappa shape index (κ1) is 24.0. The highest BCUT2D eigenvalue weighted by molar-refractivity contribution is 6.04. The average Bonchev–Trinajstić information content (AvgIpc) is 3.50. The van der Waals surface area contributed by atoms with Gasteiger partial charge in [0.25, 0.3) is 5.91 Å². The summed E-state index contributed by atoms with van der Waals surface area (Å²) < 4.78 is 85.6. The van der Waals surface area contributed by atoms with Gasteiger partial charge >= 0.3 is 12.4 Å². The van der Waals surface area contributed by atoms with Gasteiger partial charge in [0.2, 0.25) is 0 Å². The molecule has 0 bridgehead atoms. The third-order valence-corrected chi connectivity index (χ3v) is 5.16. The number of hydrogen-bond donors (Lipinski definition) is 1. The molecule has 3 heterocycles. The van der Waals surface area contributed by atoms with E-state index in [1.165, 1.54) is 42.5 Å². The number of nitrogens with zero attached hydrogens (tertiary/aromatic N) is 4. The molecule has 0 saturated heterocycles. The van der Waals surface area contributed by atoms with Gasteiger partial charge in [-0.25, -0.2) is 4.98 Å². The molecule has 0 radical (unpaired) electrons. The molecule has 3 aromatic heterocycles. The molecule has 1 atom stereocenters. The summed E-state index contributed by atoms with van der Waals surface area (Å²) >= 11 is 0. The Labute approximate surface area is 193 Å². The molecular formula is C22H15F6N5O2. The highest BCUT2D eigenvalue weighted by atomic mass is 19.4. The maximum atomic E-state index is 13.6. The maximum Gasteiger partial charge on any atom is 0.416 e. The normalized spacial score (nSPS) is 13.0. The molecule has 0 spiro atoms. The van der Waals surface area contributed by atoms with Crippen LogP contribution in [0.4, 0.5) is 32.2 Å². The van der Waals surface area contributed by atoms with Gasteiger partial charge in [-0.05, 0) is 36.8 Å². The summed E-state index contributed by atoms with van der Waals surface area (Å²) in [6.45, 7) is 1.38. The van der Waals surface area contributed by atoms with Gasteiger partial charge < -0.3 is 9.84 Å². The highest BCUT2D eigenvalue weighted by Gasteiger charge is 2.39. The van der Waals surface area contributed by atoms with Gasteiger partial charge in [-0.1, -0.05) is 11.2 Å². The van der Waals surface area contributed by atoms with Gasteiger partial charge in [0, 0.05) is 29.6 Å². The summed E-state index contributed by atoms with van der Waals surface area (Å²) in [6.07, 6.45) is -4.54. The van der Waals surface area contributed by atoms with Gasteiger partial charge in [0.05, 0.1) is 23.4 Å². The summed E-state index contributed by atoms with van der Waals surface area (Å²) in [5, 5.41) is 10.2. The van der Waals surface area contributed by atoms with Crippen molar-refractivity contribution in [3.8, 4) is 11.1 Å². The number of carbonyl (C=O) groups excluding carboxylic acids is 1. The molecule has 35 heavy (non-hydrogen) atoms. The Morgan fingerprint density at radius 1 is 1.09 bits per heavy atom. The minimum Gasteiger partial charge on any atom is -0.364 e. The van der Waals surface area contributed by atoms with Crippen LogP contribution in [0.2, 0.25) is 0 Å². The molecule has 182 valence electrons. The minimum absolute atomic E-state index is 0.00732. The molecule has 0 unspecified atom stereocenters.